The maximum atomic E-state index is 11.4. The van der Waals surface area contributed by atoms with Gasteiger partial charge in [-0.05, 0) is 85.1 Å². The number of hydrogen-bond donors (Lipinski definition) is 1. The number of rotatable bonds is 15. The van der Waals surface area contributed by atoms with Crippen LogP contribution in [0.1, 0.15) is 88.5 Å². The van der Waals surface area contributed by atoms with Crippen molar-refractivity contribution < 1.29 is 23.4 Å². The number of anilines is 1. The predicted octanol–water partition coefficient (Wildman–Crippen LogP) is 10.1. The fourth-order valence-electron chi connectivity index (χ4n) is 9.25. The third kappa shape index (κ3) is 9.62. The molecule has 1 aliphatic carbocycles. The molecule has 0 fully saturated rings. The molecule has 0 atom stereocenters. The van der Waals surface area contributed by atoms with E-state index in [2.05, 4.69) is 177 Å². The third-order valence-corrected chi connectivity index (χ3v) is 12.3. The van der Waals surface area contributed by atoms with E-state index in [-0.39, 0.29) is 17.3 Å². The van der Waals surface area contributed by atoms with Gasteiger partial charge in [-0.2, -0.15) is 4.58 Å². The predicted molar refractivity (Wildman–Crippen MR) is 240 cm³/mol. The molecule has 0 amide bonds. The number of carboxylic acids is 1. The molecule has 0 spiro atoms. The average Bonchev–Trinajstić information content (AvgIpc) is 3.49. The van der Waals surface area contributed by atoms with Gasteiger partial charge in [0.15, 0.2) is 12.3 Å². The summed E-state index contributed by atoms with van der Waals surface area (Å²) in [6, 6.07) is 26.6. The largest absolute Gasteiger partial charge is 0.481 e. The molecule has 6 nitrogen and oxygen atoms in total. The summed E-state index contributed by atoms with van der Waals surface area (Å²) in [5.74, 6) is -0.760. The number of aryl methyl sites for hydroxylation is 1. The summed E-state index contributed by atoms with van der Waals surface area (Å²) in [6.45, 7) is 13.7. The Labute approximate surface area is 344 Å². The molecule has 2 aliphatic heterocycles. The summed E-state index contributed by atoms with van der Waals surface area (Å²) >= 11 is 0. The molecule has 302 valence electrons. The quantitative estimate of drug-likeness (QED) is 0.124. The zero-order valence-electron chi connectivity index (χ0n) is 36.7. The molecular formula is C51H69N4O2+3. The first-order valence-corrected chi connectivity index (χ1v) is 21.2. The van der Waals surface area contributed by atoms with E-state index < -0.39 is 5.97 Å². The van der Waals surface area contributed by atoms with Crippen molar-refractivity contribution in [2.24, 2.45) is 0 Å². The van der Waals surface area contributed by atoms with Crippen LogP contribution in [0.4, 0.5) is 11.4 Å². The monoisotopic (exact) mass is 770 g/mol. The lowest BCUT2D eigenvalue weighted by molar-refractivity contribution is -0.871. The number of carbonyl (C=O) groups is 1. The summed E-state index contributed by atoms with van der Waals surface area (Å²) in [5, 5.41) is 9.35. The normalized spacial score (nSPS) is 19.3. The number of carboxylic acid groups (broad SMARTS) is 1. The van der Waals surface area contributed by atoms with E-state index in [1.807, 2.05) is 0 Å². The molecule has 3 aromatic carbocycles. The number of fused-ring (bicyclic) bond motifs is 2. The summed E-state index contributed by atoms with van der Waals surface area (Å²) in [5.41, 5.74) is 14.2. The van der Waals surface area contributed by atoms with E-state index >= 15 is 0 Å². The molecule has 6 heteroatoms. The Morgan fingerprint density at radius 1 is 0.772 bits per heavy atom. The molecule has 57 heavy (non-hydrogen) atoms. The Hall–Kier alpha value is -4.52. The SMILES string of the molecule is CC1(C)C(=CC=C2CCCC(C=CC3=[N+](CCC[N+](C)(C)C)c4ccccc4C3(C)C)=C2c2ccc(CCC(=O)O)cc2)N(CCC[N+](C)(C)C)c2ccccc21. The Bertz CT molecular complexity index is 2110. The van der Waals surface area contributed by atoms with Gasteiger partial charge in [0.2, 0.25) is 5.69 Å². The molecule has 1 N–H and O–H groups in total. The topological polar surface area (TPSA) is 43.6 Å². The fraction of sp³-hybridized carbons (Fsp3) is 0.451. The molecule has 0 radical (unpaired) electrons. The fourth-order valence-corrected chi connectivity index (χ4v) is 9.25. The zero-order valence-corrected chi connectivity index (χ0v) is 36.7. The minimum Gasteiger partial charge on any atom is -0.481 e. The van der Waals surface area contributed by atoms with Crippen LogP contribution in [0.3, 0.4) is 0 Å². The van der Waals surface area contributed by atoms with Gasteiger partial charge in [0.1, 0.15) is 0 Å². The highest BCUT2D eigenvalue weighted by atomic mass is 16.4. The summed E-state index contributed by atoms with van der Waals surface area (Å²) in [7, 11) is 13.7. The molecule has 0 saturated carbocycles. The van der Waals surface area contributed by atoms with Crippen LogP contribution >= 0.6 is 0 Å². The van der Waals surface area contributed by atoms with Gasteiger partial charge in [-0.3, -0.25) is 4.79 Å². The molecule has 0 aromatic heterocycles. The van der Waals surface area contributed by atoms with E-state index in [9.17, 15) is 9.90 Å². The van der Waals surface area contributed by atoms with Crippen LogP contribution in [-0.4, -0.2) is 98.8 Å². The van der Waals surface area contributed by atoms with E-state index in [0.717, 1.165) is 72.8 Å². The van der Waals surface area contributed by atoms with Crippen molar-refractivity contribution in [3.05, 3.63) is 136 Å². The van der Waals surface area contributed by atoms with Crippen molar-refractivity contribution in [2.75, 3.05) is 73.4 Å². The van der Waals surface area contributed by atoms with Crippen molar-refractivity contribution in [2.45, 2.75) is 83.5 Å². The van der Waals surface area contributed by atoms with Gasteiger partial charge in [-0.25, -0.2) is 0 Å². The number of hydrogen-bond acceptors (Lipinski definition) is 2. The standard InChI is InChI=1S/C51H68N4O2/c1-50(2)42-20-11-13-22-44(42)52(34-16-36-54(5,6)7)46(50)31-29-39-18-15-19-40(49(39)41-27-24-38(25-28-41)26-33-48(56)57)30-32-47-51(3,4)43-21-12-14-23-45(43)53(47)35-17-37-55(8,9)10/h11-14,20-25,27-32H,15-19,26,33-37H2,1-10H3/q+2/p+1. The average molecular weight is 770 g/mol. The van der Waals surface area contributed by atoms with Crippen LogP contribution in [0.15, 0.2) is 114 Å². The molecule has 0 unspecified atom stereocenters. The first kappa shape index (κ1) is 42.1. The van der Waals surface area contributed by atoms with Crippen LogP contribution in [0.5, 0.6) is 0 Å². The number of para-hydroxylation sites is 2. The Kier molecular flexibility index (Phi) is 12.4. The molecule has 0 saturated heterocycles. The van der Waals surface area contributed by atoms with Crippen LogP contribution < -0.4 is 4.90 Å². The van der Waals surface area contributed by atoms with Crippen molar-refractivity contribution >= 4 is 28.6 Å². The first-order chi connectivity index (χ1) is 26.9. The molecule has 3 aliphatic rings. The van der Waals surface area contributed by atoms with Crippen LogP contribution in [0.25, 0.3) is 5.57 Å². The van der Waals surface area contributed by atoms with Gasteiger partial charge < -0.3 is 19.0 Å². The van der Waals surface area contributed by atoms with Crippen LogP contribution in [0.2, 0.25) is 0 Å². The van der Waals surface area contributed by atoms with Crippen molar-refractivity contribution in [3.8, 4) is 0 Å². The van der Waals surface area contributed by atoms with E-state index in [0.29, 0.717) is 6.42 Å². The summed E-state index contributed by atoms with van der Waals surface area (Å²) < 4.78 is 4.49. The van der Waals surface area contributed by atoms with Crippen molar-refractivity contribution in [3.63, 3.8) is 0 Å². The van der Waals surface area contributed by atoms with Gasteiger partial charge in [0, 0.05) is 53.9 Å². The second-order valence-electron chi connectivity index (χ2n) is 19.6. The second-order valence-corrected chi connectivity index (χ2v) is 19.6. The molecule has 6 rings (SSSR count). The Morgan fingerprint density at radius 2 is 1.42 bits per heavy atom. The third-order valence-electron chi connectivity index (χ3n) is 12.3. The van der Waals surface area contributed by atoms with Gasteiger partial charge in [-0.1, -0.05) is 86.7 Å². The lowest BCUT2D eigenvalue weighted by Crippen LogP contribution is -2.37. The second kappa shape index (κ2) is 16.8. The lowest BCUT2D eigenvalue weighted by Gasteiger charge is -2.29. The number of nitrogens with zero attached hydrogens (tertiary/aromatic N) is 4. The smallest absolute Gasteiger partial charge is 0.303 e. The number of quaternary nitrogens is 2. The highest BCUT2D eigenvalue weighted by Gasteiger charge is 2.44. The van der Waals surface area contributed by atoms with Crippen LogP contribution in [-0.2, 0) is 22.0 Å². The van der Waals surface area contributed by atoms with Gasteiger partial charge in [-0.15, -0.1) is 0 Å². The Balaban J connectivity index is 1.45. The van der Waals surface area contributed by atoms with Crippen molar-refractivity contribution in [1.82, 2.24) is 0 Å². The van der Waals surface area contributed by atoms with Gasteiger partial charge >= 0.3 is 5.97 Å². The minimum absolute atomic E-state index is 0.119. The molecular weight excluding hydrogens is 701 g/mol. The number of benzene rings is 3. The maximum Gasteiger partial charge on any atom is 0.303 e. The molecule has 2 heterocycles. The summed E-state index contributed by atoms with van der Waals surface area (Å²) in [6.07, 6.45) is 15.7. The highest BCUT2D eigenvalue weighted by molar-refractivity contribution is 6.03. The van der Waals surface area contributed by atoms with E-state index in [1.165, 1.54) is 56.2 Å². The number of aliphatic carboxylic acids is 1. The summed E-state index contributed by atoms with van der Waals surface area (Å²) in [4.78, 5) is 14.0. The van der Waals surface area contributed by atoms with Crippen LogP contribution in [0, 0.1) is 0 Å². The Morgan fingerprint density at radius 3 is 2.11 bits per heavy atom. The van der Waals surface area contributed by atoms with E-state index in [4.69, 9.17) is 0 Å². The zero-order chi connectivity index (χ0) is 41.2. The van der Waals surface area contributed by atoms with Gasteiger partial charge in [0.05, 0.1) is 67.2 Å². The minimum atomic E-state index is -0.760. The van der Waals surface area contributed by atoms with Crippen molar-refractivity contribution in [1.29, 1.82) is 0 Å². The molecule has 0 bridgehead atoms. The highest BCUT2D eigenvalue weighted by Crippen LogP contribution is 2.48. The van der Waals surface area contributed by atoms with E-state index in [1.54, 1.807) is 0 Å². The molecule has 3 aromatic rings. The first-order valence-electron chi connectivity index (χ1n) is 21.2. The maximum absolute atomic E-state index is 11.4. The lowest BCUT2D eigenvalue weighted by atomic mass is 9.79. The van der Waals surface area contributed by atoms with Gasteiger partial charge in [0.25, 0.3) is 0 Å². The number of allylic oxidation sites excluding steroid dienone is 8.